The summed E-state index contributed by atoms with van der Waals surface area (Å²) in [5.41, 5.74) is 2.33. The molecule has 1 fully saturated rings. The first kappa shape index (κ1) is 10.9. The maximum absolute atomic E-state index is 4.28. The molecule has 0 aromatic carbocycles. The predicted molar refractivity (Wildman–Crippen MR) is 67.1 cm³/mol. The van der Waals surface area contributed by atoms with Gasteiger partial charge in [0.15, 0.2) is 0 Å². The van der Waals surface area contributed by atoms with Gasteiger partial charge in [0.1, 0.15) is 4.60 Å². The molecule has 15 heavy (non-hydrogen) atoms. The minimum atomic E-state index is 0.859. The molecular weight excluding hydrogens is 252 g/mol. The van der Waals surface area contributed by atoms with E-state index >= 15 is 0 Å². The van der Waals surface area contributed by atoms with Crippen molar-refractivity contribution in [3.8, 4) is 0 Å². The van der Waals surface area contributed by atoms with E-state index in [0.717, 1.165) is 22.8 Å². The van der Waals surface area contributed by atoms with Crippen LogP contribution in [0.4, 0.5) is 5.69 Å². The van der Waals surface area contributed by atoms with Crippen molar-refractivity contribution < 1.29 is 0 Å². The molecule has 1 aromatic heterocycles. The smallest absolute Gasteiger partial charge is 0.129 e. The lowest BCUT2D eigenvalue weighted by Gasteiger charge is -2.13. The summed E-state index contributed by atoms with van der Waals surface area (Å²) in [5, 5.41) is 3.49. The minimum Gasteiger partial charge on any atom is -0.383 e. The molecule has 0 bridgehead atoms. The third kappa shape index (κ3) is 2.94. The lowest BCUT2D eigenvalue weighted by molar-refractivity contribution is 0.579. The van der Waals surface area contributed by atoms with Gasteiger partial charge in [-0.05, 0) is 53.2 Å². The van der Waals surface area contributed by atoms with Crippen LogP contribution in [0.2, 0.25) is 0 Å². The summed E-state index contributed by atoms with van der Waals surface area (Å²) in [7, 11) is 0. The molecule has 3 heteroatoms. The first-order valence-electron chi connectivity index (χ1n) is 5.62. The van der Waals surface area contributed by atoms with Crippen LogP contribution in [-0.2, 0) is 0 Å². The van der Waals surface area contributed by atoms with Crippen LogP contribution in [0.5, 0.6) is 0 Å². The van der Waals surface area contributed by atoms with Gasteiger partial charge in [-0.15, -0.1) is 0 Å². The van der Waals surface area contributed by atoms with Crippen LogP contribution in [-0.4, -0.2) is 11.5 Å². The Morgan fingerprint density at radius 3 is 2.93 bits per heavy atom. The zero-order valence-electron chi connectivity index (χ0n) is 9.09. The molecule has 0 amide bonds. The van der Waals surface area contributed by atoms with Crippen molar-refractivity contribution in [1.82, 2.24) is 4.98 Å². The molecule has 0 unspecified atom stereocenters. The molecule has 1 aromatic rings. The Morgan fingerprint density at radius 2 is 2.20 bits per heavy atom. The summed E-state index contributed by atoms with van der Waals surface area (Å²) in [6.07, 6.45) is 7.44. The van der Waals surface area contributed by atoms with Gasteiger partial charge < -0.3 is 5.32 Å². The van der Waals surface area contributed by atoms with E-state index in [1.54, 1.807) is 0 Å². The molecule has 1 N–H and O–H groups in total. The zero-order valence-corrected chi connectivity index (χ0v) is 10.7. The first-order chi connectivity index (χ1) is 7.25. The first-order valence-corrected chi connectivity index (χ1v) is 6.41. The maximum Gasteiger partial charge on any atom is 0.129 e. The van der Waals surface area contributed by atoms with Gasteiger partial charge in [0.05, 0.1) is 5.69 Å². The van der Waals surface area contributed by atoms with E-state index in [4.69, 9.17) is 0 Å². The average molecular weight is 269 g/mol. The molecule has 82 valence electrons. The standard InChI is InChI=1S/C12H17BrN2/c1-9-6-11(12(13)15-7-9)14-8-10-4-2-3-5-10/h6-7,10,14H,2-5,8H2,1H3. The number of nitrogens with zero attached hydrogens (tertiary/aromatic N) is 1. The summed E-state index contributed by atoms with van der Waals surface area (Å²) < 4.78 is 0.922. The topological polar surface area (TPSA) is 24.9 Å². The molecule has 1 aliphatic carbocycles. The third-order valence-electron chi connectivity index (χ3n) is 3.03. The van der Waals surface area contributed by atoms with E-state index in [-0.39, 0.29) is 0 Å². The van der Waals surface area contributed by atoms with Crippen LogP contribution in [0.25, 0.3) is 0 Å². The number of pyridine rings is 1. The molecule has 2 nitrogen and oxygen atoms in total. The van der Waals surface area contributed by atoms with E-state index in [0.29, 0.717) is 0 Å². The number of aryl methyl sites for hydroxylation is 1. The molecule has 0 saturated heterocycles. The molecule has 0 aliphatic heterocycles. The number of rotatable bonds is 3. The molecule has 1 saturated carbocycles. The van der Waals surface area contributed by atoms with E-state index in [2.05, 4.69) is 39.2 Å². The second-order valence-corrected chi connectivity index (χ2v) is 5.13. The molecule has 1 aliphatic rings. The molecule has 0 radical (unpaired) electrons. The molecule has 1 heterocycles. The highest BCUT2D eigenvalue weighted by Gasteiger charge is 2.14. The van der Waals surface area contributed by atoms with Gasteiger partial charge in [-0.25, -0.2) is 4.98 Å². The molecule has 0 atom stereocenters. The number of hydrogen-bond donors (Lipinski definition) is 1. The van der Waals surface area contributed by atoms with Crippen LogP contribution in [0.15, 0.2) is 16.9 Å². The Balaban J connectivity index is 1.94. The number of halogens is 1. The van der Waals surface area contributed by atoms with E-state index in [9.17, 15) is 0 Å². The van der Waals surface area contributed by atoms with Crippen LogP contribution < -0.4 is 5.32 Å². The summed E-state index contributed by atoms with van der Waals surface area (Å²) >= 11 is 3.47. The van der Waals surface area contributed by atoms with Gasteiger partial charge in [0.2, 0.25) is 0 Å². The SMILES string of the molecule is Cc1cnc(Br)c(NCC2CCCC2)c1. The summed E-state index contributed by atoms with van der Waals surface area (Å²) in [6.45, 7) is 3.16. The monoisotopic (exact) mass is 268 g/mol. The Kier molecular flexibility index (Phi) is 3.62. The number of anilines is 1. The van der Waals surface area contributed by atoms with Crippen LogP contribution in [0.1, 0.15) is 31.2 Å². The largest absolute Gasteiger partial charge is 0.383 e. The molecular formula is C12H17BrN2. The van der Waals surface area contributed by atoms with Crippen molar-refractivity contribution in [3.05, 3.63) is 22.4 Å². The van der Waals surface area contributed by atoms with E-state index in [1.165, 1.54) is 31.2 Å². The Bertz CT molecular complexity index is 332. The summed E-state index contributed by atoms with van der Waals surface area (Å²) in [5.74, 6) is 0.859. The van der Waals surface area contributed by atoms with Gasteiger partial charge in [0, 0.05) is 12.7 Å². The second kappa shape index (κ2) is 4.97. The fraction of sp³-hybridized carbons (Fsp3) is 0.583. The number of nitrogens with one attached hydrogen (secondary N) is 1. The lowest BCUT2D eigenvalue weighted by Crippen LogP contribution is -2.11. The fourth-order valence-electron chi connectivity index (χ4n) is 2.15. The molecule has 2 rings (SSSR count). The fourth-order valence-corrected chi connectivity index (χ4v) is 2.50. The van der Waals surface area contributed by atoms with Gasteiger partial charge in [-0.1, -0.05) is 12.8 Å². The van der Waals surface area contributed by atoms with Crippen LogP contribution in [0.3, 0.4) is 0 Å². The number of hydrogen-bond acceptors (Lipinski definition) is 2. The van der Waals surface area contributed by atoms with Crippen LogP contribution in [0, 0.1) is 12.8 Å². The maximum atomic E-state index is 4.28. The normalized spacial score (nSPS) is 16.9. The Hall–Kier alpha value is -0.570. The highest BCUT2D eigenvalue weighted by molar-refractivity contribution is 9.10. The second-order valence-electron chi connectivity index (χ2n) is 4.38. The highest BCUT2D eigenvalue weighted by Crippen LogP contribution is 2.26. The highest BCUT2D eigenvalue weighted by atomic mass is 79.9. The van der Waals surface area contributed by atoms with Crippen molar-refractivity contribution in [2.45, 2.75) is 32.6 Å². The van der Waals surface area contributed by atoms with Gasteiger partial charge in [-0.3, -0.25) is 0 Å². The van der Waals surface area contributed by atoms with Gasteiger partial charge in [-0.2, -0.15) is 0 Å². The average Bonchev–Trinajstić information content (AvgIpc) is 2.72. The minimum absolute atomic E-state index is 0.859. The van der Waals surface area contributed by atoms with Crippen molar-refractivity contribution in [2.75, 3.05) is 11.9 Å². The van der Waals surface area contributed by atoms with Crippen molar-refractivity contribution in [1.29, 1.82) is 0 Å². The summed E-state index contributed by atoms with van der Waals surface area (Å²) in [4.78, 5) is 4.28. The van der Waals surface area contributed by atoms with E-state index in [1.807, 2.05) is 6.20 Å². The Labute approximate surface area is 99.6 Å². The lowest BCUT2D eigenvalue weighted by atomic mass is 10.1. The Morgan fingerprint density at radius 1 is 1.47 bits per heavy atom. The quantitative estimate of drug-likeness (QED) is 0.845. The zero-order chi connectivity index (χ0) is 10.7. The van der Waals surface area contributed by atoms with Crippen LogP contribution >= 0.6 is 15.9 Å². The number of aromatic nitrogens is 1. The summed E-state index contributed by atoms with van der Waals surface area (Å²) in [6, 6.07) is 2.14. The van der Waals surface area contributed by atoms with Gasteiger partial charge >= 0.3 is 0 Å². The van der Waals surface area contributed by atoms with Crippen molar-refractivity contribution in [3.63, 3.8) is 0 Å². The third-order valence-corrected chi connectivity index (χ3v) is 3.66. The van der Waals surface area contributed by atoms with E-state index < -0.39 is 0 Å². The van der Waals surface area contributed by atoms with Crippen molar-refractivity contribution >= 4 is 21.6 Å². The van der Waals surface area contributed by atoms with Gasteiger partial charge in [0.25, 0.3) is 0 Å². The predicted octanol–water partition coefficient (Wildman–Crippen LogP) is 3.75. The molecule has 0 spiro atoms. The van der Waals surface area contributed by atoms with Crippen molar-refractivity contribution in [2.24, 2.45) is 5.92 Å².